The van der Waals surface area contributed by atoms with Crippen molar-refractivity contribution in [1.29, 1.82) is 0 Å². The standard InChI is InChI=1S/C11H13BrN2O3/c12-9-1-2-10(11(5-9)14(16)17)13-4-3-8(6-13)7-15/h1-2,5,8,15H,3-4,6-7H2. The molecule has 1 atom stereocenters. The first kappa shape index (κ1) is 12.3. The number of aliphatic hydroxyl groups excluding tert-OH is 1. The molecular weight excluding hydrogens is 288 g/mol. The molecule has 17 heavy (non-hydrogen) atoms. The van der Waals surface area contributed by atoms with Gasteiger partial charge in [-0.1, -0.05) is 15.9 Å². The molecule has 1 saturated heterocycles. The van der Waals surface area contributed by atoms with E-state index in [9.17, 15) is 10.1 Å². The lowest BCUT2D eigenvalue weighted by Crippen LogP contribution is -2.21. The maximum absolute atomic E-state index is 11.0. The van der Waals surface area contributed by atoms with Gasteiger partial charge in [0.2, 0.25) is 0 Å². The fraction of sp³-hybridized carbons (Fsp3) is 0.455. The SMILES string of the molecule is O=[N+]([O-])c1cc(Br)ccc1N1CCC(CO)C1. The summed E-state index contributed by atoms with van der Waals surface area (Å²) in [5.41, 5.74) is 0.743. The Labute approximate surface area is 107 Å². The smallest absolute Gasteiger partial charge is 0.293 e. The number of nitro benzene ring substituents is 1. The Morgan fingerprint density at radius 3 is 2.94 bits per heavy atom. The number of aliphatic hydroxyl groups is 1. The lowest BCUT2D eigenvalue weighted by molar-refractivity contribution is -0.384. The van der Waals surface area contributed by atoms with Crippen LogP contribution in [0.15, 0.2) is 22.7 Å². The van der Waals surface area contributed by atoms with Gasteiger partial charge in [0, 0.05) is 36.2 Å². The average Bonchev–Trinajstić information content (AvgIpc) is 2.77. The minimum atomic E-state index is -0.369. The Balaban J connectivity index is 2.29. The third kappa shape index (κ3) is 2.58. The van der Waals surface area contributed by atoms with Gasteiger partial charge < -0.3 is 10.0 Å². The van der Waals surface area contributed by atoms with Crippen LogP contribution in [0, 0.1) is 16.0 Å². The molecule has 0 aliphatic carbocycles. The molecule has 6 heteroatoms. The fourth-order valence-corrected chi connectivity index (χ4v) is 2.46. The van der Waals surface area contributed by atoms with Crippen molar-refractivity contribution >= 4 is 27.3 Å². The molecule has 1 aliphatic heterocycles. The second-order valence-electron chi connectivity index (χ2n) is 4.17. The first-order chi connectivity index (χ1) is 8.11. The van der Waals surface area contributed by atoms with Crippen molar-refractivity contribution in [3.05, 3.63) is 32.8 Å². The topological polar surface area (TPSA) is 66.6 Å². The minimum absolute atomic E-state index is 0.109. The molecular formula is C11H13BrN2O3. The lowest BCUT2D eigenvalue weighted by atomic mass is 10.1. The van der Waals surface area contributed by atoms with Crippen LogP contribution in [0.1, 0.15) is 6.42 Å². The highest BCUT2D eigenvalue weighted by atomic mass is 79.9. The molecule has 1 heterocycles. The zero-order valence-corrected chi connectivity index (χ0v) is 10.8. The largest absolute Gasteiger partial charge is 0.396 e. The molecule has 1 N–H and O–H groups in total. The van der Waals surface area contributed by atoms with Crippen molar-refractivity contribution in [2.45, 2.75) is 6.42 Å². The molecule has 1 fully saturated rings. The molecule has 92 valence electrons. The molecule has 1 aliphatic rings. The summed E-state index contributed by atoms with van der Waals surface area (Å²) in [7, 11) is 0. The molecule has 1 unspecified atom stereocenters. The minimum Gasteiger partial charge on any atom is -0.396 e. The zero-order valence-electron chi connectivity index (χ0n) is 9.17. The Hall–Kier alpha value is -1.14. The summed E-state index contributed by atoms with van der Waals surface area (Å²) in [4.78, 5) is 12.6. The van der Waals surface area contributed by atoms with Crippen LogP contribution in [0.25, 0.3) is 0 Å². The third-order valence-electron chi connectivity index (χ3n) is 3.02. The monoisotopic (exact) mass is 300 g/mol. The van der Waals surface area contributed by atoms with E-state index in [2.05, 4.69) is 15.9 Å². The van der Waals surface area contributed by atoms with Crippen LogP contribution in [0.4, 0.5) is 11.4 Å². The van der Waals surface area contributed by atoms with E-state index in [-0.39, 0.29) is 23.1 Å². The van der Waals surface area contributed by atoms with Gasteiger partial charge in [0.15, 0.2) is 0 Å². The second kappa shape index (κ2) is 5.01. The fourth-order valence-electron chi connectivity index (χ4n) is 2.11. The maximum Gasteiger partial charge on any atom is 0.293 e. The van der Waals surface area contributed by atoms with Crippen LogP contribution in [0.2, 0.25) is 0 Å². The van der Waals surface area contributed by atoms with E-state index in [0.29, 0.717) is 16.7 Å². The Morgan fingerprint density at radius 1 is 1.59 bits per heavy atom. The van der Waals surface area contributed by atoms with Gasteiger partial charge in [-0.2, -0.15) is 0 Å². The van der Waals surface area contributed by atoms with E-state index < -0.39 is 0 Å². The number of nitro groups is 1. The summed E-state index contributed by atoms with van der Waals surface area (Å²) in [6, 6.07) is 5.07. The quantitative estimate of drug-likeness (QED) is 0.686. The molecule has 0 bridgehead atoms. The first-order valence-corrected chi connectivity index (χ1v) is 6.21. The van der Waals surface area contributed by atoms with Crippen molar-refractivity contribution in [3.8, 4) is 0 Å². The van der Waals surface area contributed by atoms with Gasteiger partial charge in [-0.05, 0) is 18.6 Å². The molecule has 0 radical (unpaired) electrons. The number of halogens is 1. The first-order valence-electron chi connectivity index (χ1n) is 5.41. The summed E-state index contributed by atoms with van der Waals surface area (Å²) >= 11 is 3.24. The number of hydrogen-bond acceptors (Lipinski definition) is 4. The van der Waals surface area contributed by atoms with E-state index in [1.807, 2.05) is 4.90 Å². The van der Waals surface area contributed by atoms with Crippen LogP contribution in [0.5, 0.6) is 0 Å². The molecule has 1 aromatic carbocycles. The highest BCUT2D eigenvalue weighted by Crippen LogP contribution is 2.34. The third-order valence-corrected chi connectivity index (χ3v) is 3.51. The van der Waals surface area contributed by atoms with Crippen molar-refractivity contribution in [2.24, 2.45) is 5.92 Å². The maximum atomic E-state index is 11.0. The van der Waals surface area contributed by atoms with Crippen molar-refractivity contribution in [2.75, 3.05) is 24.6 Å². The number of rotatable bonds is 3. The van der Waals surface area contributed by atoms with Gasteiger partial charge in [0.1, 0.15) is 5.69 Å². The van der Waals surface area contributed by atoms with Crippen molar-refractivity contribution in [1.82, 2.24) is 0 Å². The van der Waals surface area contributed by atoms with Crippen LogP contribution in [-0.2, 0) is 0 Å². The van der Waals surface area contributed by atoms with Gasteiger partial charge in [0.05, 0.1) is 4.92 Å². The van der Waals surface area contributed by atoms with E-state index in [1.165, 1.54) is 6.07 Å². The second-order valence-corrected chi connectivity index (χ2v) is 5.09. The number of anilines is 1. The molecule has 0 amide bonds. The van der Waals surface area contributed by atoms with Crippen LogP contribution < -0.4 is 4.90 Å². The van der Waals surface area contributed by atoms with E-state index in [0.717, 1.165) is 13.0 Å². The Bertz CT molecular complexity index is 439. The summed E-state index contributed by atoms with van der Waals surface area (Å²) in [6.45, 7) is 1.58. The summed E-state index contributed by atoms with van der Waals surface area (Å²) in [5, 5.41) is 20.1. The van der Waals surface area contributed by atoms with Crippen LogP contribution in [-0.4, -0.2) is 29.7 Å². The summed E-state index contributed by atoms with van der Waals surface area (Å²) < 4.78 is 0.700. The molecule has 1 aromatic rings. The highest BCUT2D eigenvalue weighted by molar-refractivity contribution is 9.10. The van der Waals surface area contributed by atoms with Crippen molar-refractivity contribution < 1.29 is 10.0 Å². The average molecular weight is 301 g/mol. The molecule has 0 spiro atoms. The van der Waals surface area contributed by atoms with Gasteiger partial charge in [-0.3, -0.25) is 10.1 Å². The predicted octanol–water partition coefficient (Wildman–Crippen LogP) is 2.18. The van der Waals surface area contributed by atoms with Crippen molar-refractivity contribution in [3.63, 3.8) is 0 Å². The van der Waals surface area contributed by atoms with E-state index >= 15 is 0 Å². The van der Waals surface area contributed by atoms with Crippen LogP contribution in [0.3, 0.4) is 0 Å². The molecule has 0 aromatic heterocycles. The number of nitrogens with zero attached hydrogens (tertiary/aromatic N) is 2. The zero-order chi connectivity index (χ0) is 12.4. The van der Waals surface area contributed by atoms with E-state index in [1.54, 1.807) is 12.1 Å². The predicted molar refractivity (Wildman–Crippen MR) is 68.2 cm³/mol. The summed E-state index contributed by atoms with van der Waals surface area (Å²) in [5.74, 6) is 0.221. The Morgan fingerprint density at radius 2 is 2.35 bits per heavy atom. The summed E-state index contributed by atoms with van der Waals surface area (Å²) in [6.07, 6.45) is 0.879. The van der Waals surface area contributed by atoms with Gasteiger partial charge in [0.25, 0.3) is 5.69 Å². The number of hydrogen-bond donors (Lipinski definition) is 1. The lowest BCUT2D eigenvalue weighted by Gasteiger charge is -2.18. The molecule has 2 rings (SSSR count). The van der Waals surface area contributed by atoms with E-state index in [4.69, 9.17) is 5.11 Å². The van der Waals surface area contributed by atoms with Crippen LogP contribution >= 0.6 is 15.9 Å². The Kier molecular flexibility index (Phi) is 3.63. The van der Waals surface area contributed by atoms with Gasteiger partial charge in [-0.25, -0.2) is 0 Å². The normalized spacial score (nSPS) is 19.6. The van der Waals surface area contributed by atoms with Gasteiger partial charge >= 0.3 is 0 Å². The van der Waals surface area contributed by atoms with Gasteiger partial charge in [-0.15, -0.1) is 0 Å². The number of benzene rings is 1. The molecule has 5 nitrogen and oxygen atoms in total. The molecule has 0 saturated carbocycles. The highest BCUT2D eigenvalue weighted by Gasteiger charge is 2.27.